The van der Waals surface area contributed by atoms with Crippen LogP contribution in [0.15, 0.2) is 52.9 Å². The van der Waals surface area contributed by atoms with E-state index in [9.17, 15) is 4.79 Å². The van der Waals surface area contributed by atoms with E-state index in [0.29, 0.717) is 13.2 Å². The summed E-state index contributed by atoms with van der Waals surface area (Å²) in [6.45, 7) is 4.77. The average Bonchev–Trinajstić information content (AvgIpc) is 3.03. The van der Waals surface area contributed by atoms with Crippen molar-refractivity contribution in [3.8, 4) is 5.75 Å². The molecule has 4 nitrogen and oxygen atoms in total. The van der Waals surface area contributed by atoms with Gasteiger partial charge in [0.15, 0.2) is 4.34 Å². The lowest BCUT2D eigenvalue weighted by atomic mass is 10.1. The van der Waals surface area contributed by atoms with Gasteiger partial charge in [-0.05, 0) is 37.6 Å². The summed E-state index contributed by atoms with van der Waals surface area (Å²) in [5.41, 5.74) is 1.83. The predicted molar refractivity (Wildman–Crippen MR) is 102 cm³/mol. The minimum absolute atomic E-state index is 0.243. The van der Waals surface area contributed by atoms with E-state index >= 15 is 0 Å². The molecule has 0 saturated heterocycles. The maximum absolute atomic E-state index is 12.4. The van der Waals surface area contributed by atoms with Gasteiger partial charge in [-0.2, -0.15) is 0 Å². The summed E-state index contributed by atoms with van der Waals surface area (Å²) in [4.78, 5) is 17.1. The van der Waals surface area contributed by atoms with Crippen LogP contribution in [0.2, 0.25) is 0 Å². The van der Waals surface area contributed by atoms with Crippen LogP contribution in [0, 0.1) is 0 Å². The monoisotopic (exact) mass is 373 g/mol. The molecule has 1 atom stereocenters. The average molecular weight is 373 g/mol. The maximum Gasteiger partial charge on any atom is 0.324 e. The van der Waals surface area contributed by atoms with Gasteiger partial charge in [-0.3, -0.25) is 4.79 Å². The molecule has 0 radical (unpaired) electrons. The second-order valence-electron chi connectivity index (χ2n) is 5.20. The Bertz CT molecular complexity index is 848. The summed E-state index contributed by atoms with van der Waals surface area (Å²) in [6.07, 6.45) is 0. The zero-order valence-corrected chi connectivity index (χ0v) is 15.7. The Hall–Kier alpha value is -2.05. The number of fused-ring (bicyclic) bond motifs is 1. The summed E-state index contributed by atoms with van der Waals surface area (Å²) < 4.78 is 12.7. The lowest BCUT2D eigenvalue weighted by Crippen LogP contribution is -2.13. The molecule has 0 aliphatic heterocycles. The topological polar surface area (TPSA) is 48.4 Å². The first-order valence-corrected chi connectivity index (χ1v) is 9.82. The first kappa shape index (κ1) is 17.8. The minimum Gasteiger partial charge on any atom is -0.494 e. The number of ether oxygens (including phenoxy) is 2. The van der Waals surface area contributed by atoms with Crippen molar-refractivity contribution in [2.75, 3.05) is 13.2 Å². The fourth-order valence-corrected chi connectivity index (χ4v) is 4.68. The smallest absolute Gasteiger partial charge is 0.324 e. The Morgan fingerprint density at radius 3 is 2.68 bits per heavy atom. The molecule has 1 unspecified atom stereocenters. The molecular weight excluding hydrogens is 354 g/mol. The number of hydrogen-bond donors (Lipinski definition) is 0. The van der Waals surface area contributed by atoms with Crippen LogP contribution in [0.1, 0.15) is 24.7 Å². The summed E-state index contributed by atoms with van der Waals surface area (Å²) in [6, 6.07) is 15.5. The van der Waals surface area contributed by atoms with Gasteiger partial charge in [-0.25, -0.2) is 4.98 Å². The molecule has 0 bridgehead atoms. The fourth-order valence-electron chi connectivity index (χ4n) is 2.39. The Labute approximate surface area is 155 Å². The third-order valence-corrected chi connectivity index (χ3v) is 5.82. The lowest BCUT2D eigenvalue weighted by molar-refractivity contribution is -0.142. The van der Waals surface area contributed by atoms with Crippen LogP contribution in [-0.2, 0) is 9.53 Å². The van der Waals surface area contributed by atoms with Gasteiger partial charge in [0.05, 0.1) is 23.4 Å². The van der Waals surface area contributed by atoms with Crippen LogP contribution >= 0.6 is 23.1 Å². The molecule has 25 heavy (non-hydrogen) atoms. The van der Waals surface area contributed by atoms with Crippen LogP contribution in [0.5, 0.6) is 5.75 Å². The molecule has 2 aromatic carbocycles. The van der Waals surface area contributed by atoms with Crippen molar-refractivity contribution in [3.63, 3.8) is 0 Å². The van der Waals surface area contributed by atoms with Crippen molar-refractivity contribution in [2.24, 2.45) is 0 Å². The molecule has 1 heterocycles. The quantitative estimate of drug-likeness (QED) is 0.426. The SMILES string of the molecule is CCOC(=O)C(Sc1nc2ccc(OCC)cc2s1)c1ccccc1. The highest BCUT2D eigenvalue weighted by molar-refractivity contribution is 8.02. The van der Waals surface area contributed by atoms with E-state index in [2.05, 4.69) is 4.98 Å². The van der Waals surface area contributed by atoms with Crippen LogP contribution in [0.3, 0.4) is 0 Å². The number of aromatic nitrogens is 1. The molecule has 0 spiro atoms. The van der Waals surface area contributed by atoms with Crippen molar-refractivity contribution in [2.45, 2.75) is 23.4 Å². The van der Waals surface area contributed by atoms with Gasteiger partial charge in [-0.1, -0.05) is 42.1 Å². The second kappa shape index (κ2) is 8.36. The number of benzene rings is 2. The molecule has 1 aromatic heterocycles. The fraction of sp³-hybridized carbons (Fsp3) is 0.263. The molecule has 6 heteroatoms. The van der Waals surface area contributed by atoms with E-state index in [0.717, 1.165) is 25.9 Å². The Morgan fingerprint density at radius 1 is 1.16 bits per heavy atom. The third-order valence-electron chi connectivity index (χ3n) is 3.47. The van der Waals surface area contributed by atoms with E-state index in [-0.39, 0.29) is 5.97 Å². The van der Waals surface area contributed by atoms with Gasteiger partial charge >= 0.3 is 5.97 Å². The Balaban J connectivity index is 1.88. The van der Waals surface area contributed by atoms with E-state index in [1.54, 1.807) is 11.3 Å². The highest BCUT2D eigenvalue weighted by Gasteiger charge is 2.25. The molecule has 130 valence electrons. The van der Waals surface area contributed by atoms with Gasteiger partial charge in [0.25, 0.3) is 0 Å². The van der Waals surface area contributed by atoms with Crippen molar-refractivity contribution in [1.29, 1.82) is 0 Å². The summed E-state index contributed by atoms with van der Waals surface area (Å²) in [5, 5.41) is -0.423. The van der Waals surface area contributed by atoms with Crippen molar-refractivity contribution < 1.29 is 14.3 Å². The second-order valence-corrected chi connectivity index (χ2v) is 7.59. The zero-order chi connectivity index (χ0) is 17.6. The number of hydrogen-bond acceptors (Lipinski definition) is 6. The van der Waals surface area contributed by atoms with Gasteiger partial charge in [-0.15, -0.1) is 11.3 Å². The molecule has 0 saturated carbocycles. The minimum atomic E-state index is -0.423. The van der Waals surface area contributed by atoms with E-state index in [4.69, 9.17) is 9.47 Å². The number of carbonyl (C=O) groups excluding carboxylic acids is 1. The van der Waals surface area contributed by atoms with Crippen LogP contribution < -0.4 is 4.74 Å². The van der Waals surface area contributed by atoms with E-state index < -0.39 is 5.25 Å². The first-order valence-electron chi connectivity index (χ1n) is 8.13. The summed E-state index contributed by atoms with van der Waals surface area (Å²) in [5.74, 6) is 0.591. The number of nitrogens with zero attached hydrogens (tertiary/aromatic N) is 1. The Morgan fingerprint density at radius 2 is 1.96 bits per heavy atom. The van der Waals surface area contributed by atoms with Crippen molar-refractivity contribution in [1.82, 2.24) is 4.98 Å². The maximum atomic E-state index is 12.4. The number of rotatable bonds is 7. The summed E-state index contributed by atoms with van der Waals surface area (Å²) >= 11 is 2.99. The molecule has 0 aliphatic rings. The summed E-state index contributed by atoms with van der Waals surface area (Å²) in [7, 11) is 0. The molecule has 0 aliphatic carbocycles. The normalized spacial score (nSPS) is 12.1. The molecule has 0 amide bonds. The Kier molecular flexibility index (Phi) is 5.94. The number of carbonyl (C=O) groups is 1. The highest BCUT2D eigenvalue weighted by atomic mass is 32.2. The largest absolute Gasteiger partial charge is 0.494 e. The molecule has 0 N–H and O–H groups in total. The van der Waals surface area contributed by atoms with Gasteiger partial charge < -0.3 is 9.47 Å². The predicted octanol–water partition coefficient (Wildman–Crippen LogP) is 5.09. The van der Waals surface area contributed by atoms with Crippen molar-refractivity contribution >= 4 is 39.3 Å². The van der Waals surface area contributed by atoms with E-state index in [1.165, 1.54) is 11.8 Å². The number of thiazole rings is 1. The van der Waals surface area contributed by atoms with Crippen LogP contribution in [0.25, 0.3) is 10.2 Å². The van der Waals surface area contributed by atoms with Gasteiger partial charge in [0.1, 0.15) is 11.0 Å². The lowest BCUT2D eigenvalue weighted by Gasteiger charge is -2.13. The van der Waals surface area contributed by atoms with Gasteiger partial charge in [0.2, 0.25) is 0 Å². The van der Waals surface area contributed by atoms with Crippen LogP contribution in [0.4, 0.5) is 0 Å². The third kappa shape index (κ3) is 4.32. The molecule has 3 aromatic rings. The highest BCUT2D eigenvalue weighted by Crippen LogP contribution is 2.40. The number of esters is 1. The zero-order valence-electron chi connectivity index (χ0n) is 14.1. The standard InChI is InChI=1S/C19H19NO3S2/c1-3-22-14-10-11-15-16(12-14)24-19(20-15)25-17(18(21)23-4-2)13-8-6-5-7-9-13/h5-12,17H,3-4H2,1-2H3. The first-order chi connectivity index (χ1) is 12.2. The van der Waals surface area contributed by atoms with Gasteiger partial charge in [0, 0.05) is 0 Å². The van der Waals surface area contributed by atoms with E-state index in [1.807, 2.05) is 62.4 Å². The molecule has 0 fully saturated rings. The van der Waals surface area contributed by atoms with Crippen LogP contribution in [-0.4, -0.2) is 24.2 Å². The molecular formula is C19H19NO3S2. The van der Waals surface area contributed by atoms with Crippen molar-refractivity contribution in [3.05, 3.63) is 54.1 Å². The number of thioether (sulfide) groups is 1. The molecule has 3 rings (SSSR count).